The minimum Gasteiger partial charge on any atom is -0.508 e. The minimum atomic E-state index is -0.0459. The molecule has 76 valence electrons. The van der Waals surface area contributed by atoms with Gasteiger partial charge >= 0.3 is 0 Å². The zero-order valence-electron chi connectivity index (χ0n) is 8.63. The first-order valence-corrected chi connectivity index (χ1v) is 5.60. The summed E-state index contributed by atoms with van der Waals surface area (Å²) < 4.78 is 5.44. The Labute approximate surface area is 88.3 Å². The maximum atomic E-state index is 9.84. The lowest BCUT2D eigenvalue weighted by molar-refractivity contribution is 0.390. The second kappa shape index (κ2) is 3.09. The summed E-state index contributed by atoms with van der Waals surface area (Å²) in [5.74, 6) is 1.93. The number of thioether (sulfide) groups is 1. The molecule has 0 aliphatic carbocycles. The first-order chi connectivity index (χ1) is 6.48. The quantitative estimate of drug-likeness (QED) is 0.713. The topological polar surface area (TPSA) is 29.5 Å². The molecule has 1 N–H and O–H groups in total. The first-order valence-electron chi connectivity index (χ1n) is 4.61. The molecule has 1 aromatic rings. The third-order valence-electron chi connectivity index (χ3n) is 2.30. The highest BCUT2D eigenvalue weighted by atomic mass is 32.2. The number of hydrogen-bond acceptors (Lipinski definition) is 3. The fraction of sp³-hybridized carbons (Fsp3) is 0.455. The fourth-order valence-electron chi connectivity index (χ4n) is 1.53. The molecule has 0 saturated carbocycles. The predicted molar refractivity (Wildman–Crippen MR) is 58.2 cm³/mol. The molecule has 0 saturated heterocycles. The number of rotatable bonds is 0. The van der Waals surface area contributed by atoms with Crippen LogP contribution in [0.25, 0.3) is 0 Å². The molecule has 0 fully saturated rings. The van der Waals surface area contributed by atoms with Crippen molar-refractivity contribution in [2.75, 3.05) is 5.94 Å². The van der Waals surface area contributed by atoms with Crippen LogP contribution in [0.1, 0.15) is 26.3 Å². The van der Waals surface area contributed by atoms with E-state index in [0.717, 1.165) is 16.2 Å². The molecule has 0 amide bonds. The van der Waals surface area contributed by atoms with Crippen LogP contribution in [0.2, 0.25) is 0 Å². The van der Waals surface area contributed by atoms with Gasteiger partial charge < -0.3 is 9.84 Å². The van der Waals surface area contributed by atoms with Crippen molar-refractivity contribution in [3.63, 3.8) is 0 Å². The van der Waals surface area contributed by atoms with Gasteiger partial charge in [0.05, 0.1) is 4.90 Å². The number of ether oxygens (including phenoxy) is 1. The number of benzene rings is 1. The summed E-state index contributed by atoms with van der Waals surface area (Å²) >= 11 is 1.62. The van der Waals surface area contributed by atoms with Gasteiger partial charge in [-0.2, -0.15) is 0 Å². The number of aromatic hydroxyl groups is 1. The summed E-state index contributed by atoms with van der Waals surface area (Å²) in [5.41, 5.74) is 0.897. The van der Waals surface area contributed by atoms with Crippen molar-refractivity contribution in [3.05, 3.63) is 17.7 Å². The molecule has 14 heavy (non-hydrogen) atoms. The monoisotopic (exact) mass is 210 g/mol. The van der Waals surface area contributed by atoms with Crippen LogP contribution < -0.4 is 4.74 Å². The molecule has 1 heterocycles. The van der Waals surface area contributed by atoms with Gasteiger partial charge in [-0.1, -0.05) is 32.5 Å². The SMILES string of the molecule is CC(C)(C)c1cc2c(cc1O)SCO2. The molecule has 1 aliphatic heterocycles. The summed E-state index contributed by atoms with van der Waals surface area (Å²) in [7, 11) is 0. The van der Waals surface area contributed by atoms with E-state index in [-0.39, 0.29) is 5.41 Å². The largest absolute Gasteiger partial charge is 0.508 e. The van der Waals surface area contributed by atoms with Crippen molar-refractivity contribution in [2.24, 2.45) is 0 Å². The Hall–Kier alpha value is -0.830. The van der Waals surface area contributed by atoms with Crippen molar-refractivity contribution in [1.82, 2.24) is 0 Å². The van der Waals surface area contributed by atoms with Gasteiger partial charge in [-0.15, -0.1) is 0 Å². The van der Waals surface area contributed by atoms with Crippen LogP contribution >= 0.6 is 11.8 Å². The highest BCUT2D eigenvalue weighted by Crippen LogP contribution is 2.43. The van der Waals surface area contributed by atoms with E-state index in [2.05, 4.69) is 20.8 Å². The van der Waals surface area contributed by atoms with Gasteiger partial charge in [0.1, 0.15) is 17.4 Å². The molecule has 0 atom stereocenters. The molecule has 0 radical (unpaired) electrons. The van der Waals surface area contributed by atoms with E-state index < -0.39 is 0 Å². The van der Waals surface area contributed by atoms with Gasteiger partial charge in [0.2, 0.25) is 0 Å². The van der Waals surface area contributed by atoms with Crippen LogP contribution in [0.4, 0.5) is 0 Å². The van der Waals surface area contributed by atoms with Crippen molar-refractivity contribution in [1.29, 1.82) is 0 Å². The number of phenols is 1. The molecule has 1 aliphatic rings. The normalized spacial score (nSPS) is 15.1. The molecule has 2 rings (SSSR count). The van der Waals surface area contributed by atoms with Gasteiger partial charge in [0.15, 0.2) is 0 Å². The minimum absolute atomic E-state index is 0.0459. The lowest BCUT2D eigenvalue weighted by atomic mass is 9.86. The van der Waals surface area contributed by atoms with Crippen molar-refractivity contribution in [2.45, 2.75) is 31.1 Å². The van der Waals surface area contributed by atoms with Gasteiger partial charge in [-0.3, -0.25) is 0 Å². The molecule has 0 aromatic heterocycles. The van der Waals surface area contributed by atoms with Crippen LogP contribution in [0.15, 0.2) is 17.0 Å². The second-order valence-corrected chi connectivity index (χ2v) is 5.44. The maximum Gasteiger partial charge on any atom is 0.138 e. The van der Waals surface area contributed by atoms with Crippen molar-refractivity contribution < 1.29 is 9.84 Å². The molecule has 0 spiro atoms. The zero-order valence-corrected chi connectivity index (χ0v) is 9.44. The van der Waals surface area contributed by atoms with Gasteiger partial charge in [0, 0.05) is 5.56 Å². The molecule has 1 aromatic carbocycles. The summed E-state index contributed by atoms with van der Waals surface area (Å²) in [6.45, 7) is 6.24. The molecule has 2 nitrogen and oxygen atoms in total. The Balaban J connectivity index is 2.53. The molecule has 0 bridgehead atoms. The van der Waals surface area contributed by atoms with Gasteiger partial charge in [0.25, 0.3) is 0 Å². The zero-order chi connectivity index (χ0) is 10.3. The number of phenolic OH excluding ortho intramolecular Hbond substituents is 1. The molecule has 3 heteroatoms. The predicted octanol–water partition coefficient (Wildman–Crippen LogP) is 3.13. The van der Waals surface area contributed by atoms with E-state index in [4.69, 9.17) is 4.74 Å². The second-order valence-electron chi connectivity index (χ2n) is 4.47. The van der Waals surface area contributed by atoms with E-state index in [1.165, 1.54) is 0 Å². The highest BCUT2D eigenvalue weighted by molar-refractivity contribution is 7.99. The summed E-state index contributed by atoms with van der Waals surface area (Å²) in [6, 6.07) is 3.75. The molecular formula is C11H14O2S. The van der Waals surface area contributed by atoms with E-state index >= 15 is 0 Å². The smallest absolute Gasteiger partial charge is 0.138 e. The van der Waals surface area contributed by atoms with E-state index in [9.17, 15) is 5.11 Å². The first kappa shape index (κ1) is 9.71. The van der Waals surface area contributed by atoms with Crippen LogP contribution in [0.3, 0.4) is 0 Å². The maximum absolute atomic E-state index is 9.84. The number of fused-ring (bicyclic) bond motifs is 1. The van der Waals surface area contributed by atoms with E-state index in [1.54, 1.807) is 17.8 Å². The Morgan fingerprint density at radius 2 is 2.07 bits per heavy atom. The van der Waals surface area contributed by atoms with E-state index in [1.807, 2.05) is 6.07 Å². The highest BCUT2D eigenvalue weighted by Gasteiger charge is 2.23. The van der Waals surface area contributed by atoms with Gasteiger partial charge in [-0.05, 0) is 17.5 Å². The average molecular weight is 210 g/mol. The number of hydrogen-bond donors (Lipinski definition) is 1. The third-order valence-corrected chi connectivity index (χ3v) is 3.16. The summed E-state index contributed by atoms with van der Waals surface area (Å²) in [5, 5.41) is 9.84. The third kappa shape index (κ3) is 1.57. The lowest BCUT2D eigenvalue weighted by Crippen LogP contribution is -2.11. The Kier molecular flexibility index (Phi) is 2.14. The van der Waals surface area contributed by atoms with Crippen LogP contribution in [0, 0.1) is 0 Å². The Morgan fingerprint density at radius 3 is 2.71 bits per heavy atom. The van der Waals surface area contributed by atoms with Gasteiger partial charge in [-0.25, -0.2) is 0 Å². The standard InChI is InChI=1S/C11H14O2S/c1-11(2,3)7-4-9-10(5-8(7)12)14-6-13-9/h4-5,12H,6H2,1-3H3. The molecular weight excluding hydrogens is 196 g/mol. The fourth-order valence-corrected chi connectivity index (χ4v) is 2.30. The Bertz CT molecular complexity index is 366. The van der Waals surface area contributed by atoms with Crippen LogP contribution in [0.5, 0.6) is 11.5 Å². The van der Waals surface area contributed by atoms with Crippen molar-refractivity contribution in [3.8, 4) is 11.5 Å². The van der Waals surface area contributed by atoms with E-state index in [0.29, 0.717) is 11.7 Å². The summed E-state index contributed by atoms with van der Waals surface area (Å²) in [6.07, 6.45) is 0. The van der Waals surface area contributed by atoms with Crippen LogP contribution in [-0.4, -0.2) is 11.0 Å². The summed E-state index contributed by atoms with van der Waals surface area (Å²) in [4.78, 5) is 1.04. The average Bonchev–Trinajstić information content (AvgIpc) is 2.47. The van der Waals surface area contributed by atoms with Crippen molar-refractivity contribution >= 4 is 11.8 Å². The Morgan fingerprint density at radius 1 is 1.36 bits per heavy atom. The lowest BCUT2D eigenvalue weighted by Gasteiger charge is -2.20. The van der Waals surface area contributed by atoms with Crippen LogP contribution in [-0.2, 0) is 5.41 Å². The molecule has 0 unspecified atom stereocenters.